The maximum absolute atomic E-state index is 14.0. The molecule has 24 nitrogen and oxygen atoms in total. The number of carbonyl (C=O) groups excluding carboxylic acids is 2. The summed E-state index contributed by atoms with van der Waals surface area (Å²) in [4.78, 5) is 37.4. The lowest BCUT2D eigenvalue weighted by atomic mass is 9.95. The van der Waals surface area contributed by atoms with E-state index in [1.165, 1.54) is 30.3 Å². The zero-order valence-electron chi connectivity index (χ0n) is 34.1. The Morgan fingerprint density at radius 3 is 2.00 bits per heavy atom. The highest BCUT2D eigenvalue weighted by molar-refractivity contribution is 6.02. The van der Waals surface area contributed by atoms with Crippen LogP contribution >= 0.6 is 0 Å². The van der Waals surface area contributed by atoms with E-state index in [-0.39, 0.29) is 30.2 Å². The first-order valence-electron chi connectivity index (χ1n) is 20.0. The van der Waals surface area contributed by atoms with Crippen molar-refractivity contribution in [3.8, 4) is 5.75 Å². The van der Waals surface area contributed by atoms with Crippen LogP contribution in [0.2, 0.25) is 0 Å². The van der Waals surface area contributed by atoms with Crippen LogP contribution in [0.3, 0.4) is 0 Å². The van der Waals surface area contributed by atoms with Gasteiger partial charge in [0.1, 0.15) is 67.1 Å². The molecule has 3 fully saturated rings. The SMILES string of the molecule is CC(C)C[C@H](N)C(=O)Nc1ccccc1C(=O)O[C@H]1[C@H](O[C@H]2[C@H](O)[C@@H](O)[C@H](OCCc3ccc(O)c([N+](=O)[O-])c3)O[C@@H]2CO)O[C@H](CO)[C@@H](O[C@@H]2O[C@H](CO)[C@@H](O)[C@H](O)[C@H]2O)[C@@H]1O. The van der Waals surface area contributed by atoms with Crippen molar-refractivity contribution in [1.29, 1.82) is 0 Å². The quantitative estimate of drug-likeness (QED) is 0.0392. The second-order valence-corrected chi connectivity index (χ2v) is 15.7. The number of amides is 1. The van der Waals surface area contributed by atoms with E-state index >= 15 is 0 Å². The number of carbonyl (C=O) groups is 2. The van der Waals surface area contributed by atoms with Gasteiger partial charge in [0, 0.05) is 6.07 Å². The highest BCUT2D eigenvalue weighted by Crippen LogP contribution is 2.35. The third-order valence-electron chi connectivity index (χ3n) is 10.7. The Bertz CT molecular complexity index is 1840. The number of nitrogens with one attached hydrogen (secondary N) is 1. The number of benzene rings is 2. The molecule has 352 valence electrons. The van der Waals surface area contributed by atoms with Crippen LogP contribution in [0.4, 0.5) is 11.4 Å². The highest BCUT2D eigenvalue weighted by Gasteiger charge is 2.55. The van der Waals surface area contributed by atoms with Gasteiger partial charge >= 0.3 is 11.7 Å². The summed E-state index contributed by atoms with van der Waals surface area (Å²) >= 11 is 0. The first-order chi connectivity index (χ1) is 29.9. The minimum absolute atomic E-state index is 0.0147. The van der Waals surface area contributed by atoms with Crippen LogP contribution in [0, 0.1) is 16.0 Å². The average Bonchev–Trinajstić information content (AvgIpc) is 3.25. The number of phenols is 1. The molecule has 3 aliphatic heterocycles. The smallest absolute Gasteiger partial charge is 0.340 e. The molecule has 2 aromatic carbocycles. The molecule has 13 N–H and O–H groups in total. The number of nitrogens with two attached hydrogens (primary N) is 1. The molecule has 0 saturated carbocycles. The molecule has 2 aromatic rings. The summed E-state index contributed by atoms with van der Waals surface area (Å²) < 4.78 is 40.1. The van der Waals surface area contributed by atoms with E-state index in [2.05, 4.69) is 5.32 Å². The van der Waals surface area contributed by atoms with E-state index in [1.807, 2.05) is 13.8 Å². The van der Waals surface area contributed by atoms with Crippen molar-refractivity contribution in [3.05, 3.63) is 63.7 Å². The molecular weight excluding hydrogens is 846 g/mol. The van der Waals surface area contributed by atoms with Crippen molar-refractivity contribution in [3.63, 3.8) is 0 Å². The Morgan fingerprint density at radius 1 is 0.778 bits per heavy atom. The van der Waals surface area contributed by atoms with Crippen LogP contribution in [-0.2, 0) is 44.4 Å². The predicted molar refractivity (Wildman–Crippen MR) is 209 cm³/mol. The molecule has 0 bridgehead atoms. The lowest BCUT2D eigenvalue weighted by Gasteiger charge is -2.48. The van der Waals surface area contributed by atoms with Gasteiger partial charge in [-0.3, -0.25) is 14.9 Å². The summed E-state index contributed by atoms with van der Waals surface area (Å²) in [6.07, 6.45) is -27.0. The number of hydrogen-bond acceptors (Lipinski definition) is 22. The Hall–Kier alpha value is -4.06. The average molecular weight is 902 g/mol. The molecule has 0 unspecified atom stereocenters. The molecule has 0 radical (unpaired) electrons. The minimum Gasteiger partial charge on any atom is -0.502 e. The highest BCUT2D eigenvalue weighted by atomic mass is 16.8. The number of nitrogens with zero attached hydrogens (tertiary/aromatic N) is 1. The van der Waals surface area contributed by atoms with Crippen molar-refractivity contribution in [2.45, 2.75) is 125 Å². The molecule has 1 amide bonds. The van der Waals surface area contributed by atoms with Gasteiger partial charge in [0.05, 0.1) is 48.6 Å². The van der Waals surface area contributed by atoms with Gasteiger partial charge in [0.25, 0.3) is 0 Å². The summed E-state index contributed by atoms with van der Waals surface area (Å²) in [7, 11) is 0. The summed E-state index contributed by atoms with van der Waals surface area (Å²) in [5, 5.41) is 120. The van der Waals surface area contributed by atoms with Crippen molar-refractivity contribution >= 4 is 23.3 Å². The number of phenolic OH excluding ortho intramolecular Hbond substituents is 1. The van der Waals surface area contributed by atoms with Gasteiger partial charge in [-0.1, -0.05) is 32.0 Å². The van der Waals surface area contributed by atoms with Crippen LogP contribution < -0.4 is 11.1 Å². The summed E-state index contributed by atoms with van der Waals surface area (Å²) in [5.41, 5.74) is 5.56. The van der Waals surface area contributed by atoms with Crippen LogP contribution in [-0.4, -0.2) is 192 Å². The van der Waals surface area contributed by atoms with E-state index in [0.717, 1.165) is 12.1 Å². The molecule has 0 aliphatic carbocycles. The minimum atomic E-state index is -2.11. The van der Waals surface area contributed by atoms with E-state index < -0.39 is 146 Å². The number of aliphatic hydroxyl groups is 9. The number of esters is 1. The van der Waals surface area contributed by atoms with E-state index in [4.69, 9.17) is 38.9 Å². The van der Waals surface area contributed by atoms with Crippen LogP contribution in [0.1, 0.15) is 36.2 Å². The standard InChI is InChI=1S/C39H55N3O21/c1-16(2)11-19(40)35(53)41-20-6-4-3-5-18(20)36(54)61-34-31(52)33(62-38-29(50)27(48)26(47)23(13-43)58-38)25(15-45)60-39(34)63-32-24(14-44)59-37(30(51)28(32)49)57-10-9-17-7-8-22(46)21(12-17)42(55)56/h3-8,12,16,19,23-34,37-39,43-52H,9-11,13-15,40H2,1-2H3,(H,41,53)/t19-,23+,24+,25+,26+,27-,28+,29+,30+,31-,32+,33+,34+,37+,38-,39-/m0/s1. The Kier molecular flexibility index (Phi) is 17.6. The number of ether oxygens (including phenoxy) is 7. The molecule has 0 aromatic heterocycles. The first-order valence-corrected chi connectivity index (χ1v) is 20.0. The number of para-hydroxylation sites is 1. The number of nitro groups is 1. The van der Waals surface area contributed by atoms with Gasteiger partial charge in [-0.25, -0.2) is 4.79 Å². The molecule has 63 heavy (non-hydrogen) atoms. The molecule has 5 rings (SSSR count). The third-order valence-corrected chi connectivity index (χ3v) is 10.7. The third kappa shape index (κ3) is 11.8. The second-order valence-electron chi connectivity index (χ2n) is 15.7. The van der Waals surface area contributed by atoms with E-state index in [9.17, 15) is 70.8 Å². The van der Waals surface area contributed by atoms with Crippen molar-refractivity contribution < 1.29 is 98.7 Å². The van der Waals surface area contributed by atoms with E-state index in [1.54, 1.807) is 0 Å². The molecule has 24 heteroatoms. The number of nitro benzene ring substituents is 1. The van der Waals surface area contributed by atoms with Crippen LogP contribution in [0.15, 0.2) is 42.5 Å². The molecular formula is C39H55N3O21. The second kappa shape index (κ2) is 22.2. The number of aromatic hydroxyl groups is 1. The summed E-state index contributed by atoms with van der Waals surface area (Å²) in [6.45, 7) is 0.773. The van der Waals surface area contributed by atoms with Crippen LogP contribution in [0.5, 0.6) is 5.75 Å². The molecule has 3 saturated heterocycles. The topological polar surface area (TPSA) is 382 Å². The number of rotatable bonds is 18. The Labute approximate surface area is 359 Å². The number of aliphatic hydroxyl groups excluding tert-OH is 9. The summed E-state index contributed by atoms with van der Waals surface area (Å²) in [5.74, 6) is -2.33. The van der Waals surface area contributed by atoms with Crippen molar-refractivity contribution in [2.75, 3.05) is 31.7 Å². The zero-order valence-corrected chi connectivity index (χ0v) is 34.1. The van der Waals surface area contributed by atoms with Gasteiger partial charge < -0.3 is 95.3 Å². The summed E-state index contributed by atoms with van der Waals surface area (Å²) in [6, 6.07) is 8.27. The fourth-order valence-corrected chi connectivity index (χ4v) is 7.25. The zero-order chi connectivity index (χ0) is 46.3. The molecule has 3 aliphatic rings. The monoisotopic (exact) mass is 901 g/mol. The fourth-order valence-electron chi connectivity index (χ4n) is 7.25. The predicted octanol–water partition coefficient (Wildman–Crippen LogP) is -3.52. The fraction of sp³-hybridized carbons (Fsp3) is 0.641. The van der Waals surface area contributed by atoms with Crippen molar-refractivity contribution in [1.82, 2.24) is 0 Å². The Balaban J connectivity index is 1.39. The number of anilines is 1. The maximum Gasteiger partial charge on any atom is 0.340 e. The largest absolute Gasteiger partial charge is 0.502 e. The maximum atomic E-state index is 14.0. The van der Waals surface area contributed by atoms with Gasteiger partial charge in [0.15, 0.2) is 30.7 Å². The molecule has 3 heterocycles. The van der Waals surface area contributed by atoms with Gasteiger partial charge in [-0.15, -0.1) is 0 Å². The van der Waals surface area contributed by atoms with Gasteiger partial charge in [-0.2, -0.15) is 0 Å². The number of hydrogen-bond donors (Lipinski definition) is 12. The normalized spacial score (nSPS) is 34.0. The lowest BCUT2D eigenvalue weighted by molar-refractivity contribution is -0.385. The molecule has 16 atom stereocenters. The van der Waals surface area contributed by atoms with Gasteiger partial charge in [0.2, 0.25) is 5.91 Å². The van der Waals surface area contributed by atoms with Gasteiger partial charge in [-0.05, 0) is 42.5 Å². The Morgan fingerprint density at radius 2 is 1.37 bits per heavy atom. The molecule has 0 spiro atoms. The van der Waals surface area contributed by atoms with E-state index in [0.29, 0.717) is 12.0 Å². The van der Waals surface area contributed by atoms with Crippen molar-refractivity contribution in [2.24, 2.45) is 11.7 Å². The lowest BCUT2D eigenvalue weighted by Crippen LogP contribution is -2.67. The first kappa shape index (κ1) is 49.9. The van der Waals surface area contributed by atoms with Crippen LogP contribution in [0.25, 0.3) is 0 Å².